The molecule has 2 aromatic carbocycles. The van der Waals surface area contributed by atoms with Gasteiger partial charge in [-0.3, -0.25) is 0 Å². The van der Waals surface area contributed by atoms with Crippen LogP contribution in [-0.2, 0) is 0 Å². The van der Waals surface area contributed by atoms with Gasteiger partial charge in [0.25, 0.3) is 0 Å². The van der Waals surface area contributed by atoms with E-state index in [0.717, 1.165) is 0 Å². The minimum Gasteiger partial charge on any atom is -0.465 e. The Bertz CT molecular complexity index is 893. The lowest BCUT2D eigenvalue weighted by molar-refractivity contribution is 0.183. The Morgan fingerprint density at radius 2 is 2.08 bits per heavy atom. The molecule has 0 spiro atoms. The molecule has 1 amide bonds. The average Bonchev–Trinajstić information content (AvgIpc) is 2.71. The molecule has 0 aromatic heterocycles. The van der Waals surface area contributed by atoms with Crippen LogP contribution in [0.5, 0.6) is 11.5 Å². The second-order valence-electron chi connectivity index (χ2n) is 6.32. The van der Waals surface area contributed by atoms with Gasteiger partial charge in [-0.2, -0.15) is 0 Å². The van der Waals surface area contributed by atoms with E-state index in [-0.39, 0.29) is 21.5 Å². The quantitative estimate of drug-likeness (QED) is 0.689. The summed E-state index contributed by atoms with van der Waals surface area (Å²) in [4.78, 5) is 13.1. The first kappa shape index (κ1) is 17.1. The summed E-state index contributed by atoms with van der Waals surface area (Å²) in [5.41, 5.74) is 0.870. The molecule has 0 bridgehead atoms. The van der Waals surface area contributed by atoms with Crippen molar-refractivity contribution in [2.75, 3.05) is 11.4 Å². The molecule has 136 valence electrons. The molecule has 8 heteroatoms. The lowest BCUT2D eigenvalue weighted by Crippen LogP contribution is -2.50. The predicted molar refractivity (Wildman–Crippen MR) is 94.8 cm³/mol. The van der Waals surface area contributed by atoms with Crippen molar-refractivity contribution >= 4 is 27.7 Å². The fraction of sp³-hybridized carbons (Fsp3) is 0.278. The Kier molecular flexibility index (Phi) is 4.22. The molecular weight excluding hydrogens is 410 g/mol. The normalized spacial score (nSPS) is 21.0. The van der Waals surface area contributed by atoms with Gasteiger partial charge in [-0.15, -0.1) is 0 Å². The number of hydrogen-bond donors (Lipinski definition) is 2. The number of nitrogens with one attached hydrogen (secondary N) is 1. The maximum atomic E-state index is 14.8. The van der Waals surface area contributed by atoms with Crippen LogP contribution < -0.4 is 15.0 Å². The molecule has 0 unspecified atom stereocenters. The second kappa shape index (κ2) is 6.42. The van der Waals surface area contributed by atoms with Crippen LogP contribution in [0.25, 0.3) is 0 Å². The number of hydrogen-bond acceptors (Lipinski definition) is 3. The first-order chi connectivity index (χ1) is 12.5. The van der Waals surface area contributed by atoms with Gasteiger partial charge in [0, 0.05) is 12.6 Å². The third kappa shape index (κ3) is 2.78. The zero-order valence-corrected chi connectivity index (χ0v) is 15.1. The van der Waals surface area contributed by atoms with Crippen LogP contribution in [0.1, 0.15) is 24.4 Å². The van der Waals surface area contributed by atoms with Crippen LogP contribution in [0.2, 0.25) is 0 Å². The summed E-state index contributed by atoms with van der Waals surface area (Å²) in [5.74, 6) is -0.433. The molecule has 1 fully saturated rings. The molecule has 0 saturated carbocycles. The van der Waals surface area contributed by atoms with E-state index in [9.17, 15) is 18.7 Å². The standard InChI is InChI=1S/C18H15BrF2N2O3/c19-9-7-13-15(8-11(9)21)26-14-5-1-3-10(20)16(14)17-12(22-18(24)25)4-2-6-23(13)17/h1,3,5,7-8,12,17,22H,2,4,6H2,(H,24,25)/t12-,17-/m1/s1. The minimum absolute atomic E-state index is 0.262. The van der Waals surface area contributed by atoms with Gasteiger partial charge in [-0.05, 0) is 47.0 Å². The lowest BCUT2D eigenvalue weighted by Gasteiger charge is -2.42. The molecule has 5 nitrogen and oxygen atoms in total. The number of piperidine rings is 1. The van der Waals surface area contributed by atoms with Crippen molar-refractivity contribution in [1.82, 2.24) is 5.32 Å². The smallest absolute Gasteiger partial charge is 0.404 e. The molecule has 0 aliphatic carbocycles. The minimum atomic E-state index is -1.17. The summed E-state index contributed by atoms with van der Waals surface area (Å²) in [6.07, 6.45) is 0.110. The largest absolute Gasteiger partial charge is 0.465 e. The van der Waals surface area contributed by atoms with Crippen molar-refractivity contribution in [3.05, 3.63) is 52.0 Å². The number of nitrogens with zero attached hydrogens (tertiary/aromatic N) is 1. The molecule has 2 aliphatic heterocycles. The number of halogens is 3. The van der Waals surface area contributed by atoms with Crippen LogP contribution in [0.15, 0.2) is 34.8 Å². The summed E-state index contributed by atoms with van der Waals surface area (Å²) < 4.78 is 34.9. The maximum Gasteiger partial charge on any atom is 0.404 e. The molecule has 2 atom stereocenters. The lowest BCUT2D eigenvalue weighted by atomic mass is 9.89. The van der Waals surface area contributed by atoms with Gasteiger partial charge in [0.1, 0.15) is 17.4 Å². The number of ether oxygens (including phenoxy) is 1. The SMILES string of the molecule is O=C(O)N[C@@H]1CCCN2c3cc(Br)c(F)cc3Oc3cccc(F)c3[C@@H]12. The molecule has 0 radical (unpaired) electrons. The average molecular weight is 425 g/mol. The molecule has 2 aliphatic rings. The molecule has 26 heavy (non-hydrogen) atoms. The van der Waals surface area contributed by atoms with Crippen LogP contribution in [0.4, 0.5) is 19.3 Å². The van der Waals surface area contributed by atoms with Crippen molar-refractivity contribution in [1.29, 1.82) is 0 Å². The highest BCUT2D eigenvalue weighted by Gasteiger charge is 2.40. The van der Waals surface area contributed by atoms with Gasteiger partial charge in [-0.25, -0.2) is 13.6 Å². The van der Waals surface area contributed by atoms with Crippen LogP contribution in [-0.4, -0.2) is 23.8 Å². The highest BCUT2D eigenvalue weighted by Crippen LogP contribution is 2.49. The molecular formula is C18H15BrF2N2O3. The number of fused-ring (bicyclic) bond motifs is 5. The summed E-state index contributed by atoms with van der Waals surface area (Å²) in [5, 5.41) is 11.7. The number of carboxylic acid groups (broad SMARTS) is 1. The van der Waals surface area contributed by atoms with E-state index in [1.54, 1.807) is 12.1 Å². The number of benzene rings is 2. The van der Waals surface area contributed by atoms with Gasteiger partial charge in [0.15, 0.2) is 5.75 Å². The Labute approximate surface area is 156 Å². The second-order valence-corrected chi connectivity index (χ2v) is 7.18. The van der Waals surface area contributed by atoms with Gasteiger partial charge in [-0.1, -0.05) is 6.07 Å². The van der Waals surface area contributed by atoms with Crippen LogP contribution >= 0.6 is 15.9 Å². The Balaban J connectivity index is 1.94. The first-order valence-electron chi connectivity index (χ1n) is 8.17. The monoisotopic (exact) mass is 424 g/mol. The van der Waals surface area contributed by atoms with Crippen molar-refractivity contribution < 1.29 is 23.4 Å². The molecule has 2 heterocycles. The van der Waals surface area contributed by atoms with Crippen molar-refractivity contribution in [3.8, 4) is 11.5 Å². The van der Waals surface area contributed by atoms with E-state index in [4.69, 9.17) is 4.74 Å². The number of amides is 1. The Hall–Kier alpha value is -2.35. The highest BCUT2D eigenvalue weighted by molar-refractivity contribution is 9.10. The van der Waals surface area contributed by atoms with E-state index >= 15 is 0 Å². The Morgan fingerprint density at radius 3 is 2.85 bits per heavy atom. The van der Waals surface area contributed by atoms with Crippen molar-refractivity contribution in [3.63, 3.8) is 0 Å². The topological polar surface area (TPSA) is 61.8 Å². The van der Waals surface area contributed by atoms with Gasteiger partial charge in [0.05, 0.1) is 27.8 Å². The Morgan fingerprint density at radius 1 is 1.27 bits per heavy atom. The fourth-order valence-corrected chi connectivity index (χ4v) is 4.10. The number of rotatable bonds is 1. The predicted octanol–water partition coefficient (Wildman–Crippen LogP) is 4.81. The van der Waals surface area contributed by atoms with E-state index < -0.39 is 29.8 Å². The summed E-state index contributed by atoms with van der Waals surface area (Å²) in [6, 6.07) is 6.18. The fourth-order valence-electron chi connectivity index (χ4n) is 3.77. The van der Waals surface area contributed by atoms with Crippen molar-refractivity contribution in [2.24, 2.45) is 0 Å². The molecule has 2 N–H and O–H groups in total. The summed E-state index contributed by atoms with van der Waals surface area (Å²) >= 11 is 3.18. The molecule has 1 saturated heterocycles. The number of carbonyl (C=O) groups is 1. The third-order valence-corrected chi connectivity index (χ3v) is 5.39. The summed E-state index contributed by atoms with van der Waals surface area (Å²) in [6.45, 7) is 0.574. The summed E-state index contributed by atoms with van der Waals surface area (Å²) in [7, 11) is 0. The van der Waals surface area contributed by atoms with Crippen LogP contribution in [0.3, 0.4) is 0 Å². The van der Waals surface area contributed by atoms with Gasteiger partial charge >= 0.3 is 6.09 Å². The van der Waals surface area contributed by atoms with Crippen molar-refractivity contribution in [2.45, 2.75) is 24.9 Å². The first-order valence-corrected chi connectivity index (χ1v) is 8.96. The molecule has 2 aromatic rings. The van der Waals surface area contributed by atoms with Gasteiger partial charge in [0.2, 0.25) is 0 Å². The number of anilines is 1. The van der Waals surface area contributed by atoms with Gasteiger partial charge < -0.3 is 20.1 Å². The van der Waals surface area contributed by atoms with E-state index in [2.05, 4.69) is 21.2 Å². The van der Waals surface area contributed by atoms with E-state index in [1.807, 2.05) is 4.90 Å². The highest BCUT2D eigenvalue weighted by atomic mass is 79.9. The van der Waals surface area contributed by atoms with E-state index in [1.165, 1.54) is 18.2 Å². The van der Waals surface area contributed by atoms with E-state index in [0.29, 0.717) is 25.1 Å². The van der Waals surface area contributed by atoms with Crippen LogP contribution in [0, 0.1) is 11.6 Å². The zero-order chi connectivity index (χ0) is 18.4. The maximum absolute atomic E-state index is 14.8. The third-order valence-electron chi connectivity index (χ3n) is 4.78. The molecule has 4 rings (SSSR count). The zero-order valence-electron chi connectivity index (χ0n) is 13.5.